The summed E-state index contributed by atoms with van der Waals surface area (Å²) in [6.07, 6.45) is 0. The summed E-state index contributed by atoms with van der Waals surface area (Å²) in [5, 5.41) is 0. The minimum absolute atomic E-state index is 0.299. The molecule has 1 aromatic rings. The molecule has 7 heteroatoms. The van der Waals surface area contributed by atoms with Crippen LogP contribution in [0, 0.1) is 23.3 Å². The molecule has 17 heavy (non-hydrogen) atoms. The van der Waals surface area contributed by atoms with E-state index in [0.29, 0.717) is 6.07 Å². The second kappa shape index (κ2) is 4.83. The molecule has 0 heterocycles. The zero-order valence-electron chi connectivity index (χ0n) is 9.41. The van der Waals surface area contributed by atoms with Crippen LogP contribution in [0.25, 0.3) is 0 Å². The van der Waals surface area contributed by atoms with E-state index in [2.05, 4.69) is 0 Å². The normalized spacial score (nSPS) is 11.5. The van der Waals surface area contributed by atoms with Crippen molar-refractivity contribution < 1.29 is 25.4 Å². The maximum absolute atomic E-state index is 13.2. The van der Waals surface area contributed by atoms with Crippen LogP contribution in [0.1, 0.15) is 10.4 Å². The quantitative estimate of drug-likeness (QED) is 0.352. The van der Waals surface area contributed by atoms with E-state index in [0.717, 1.165) is 0 Å². The van der Waals surface area contributed by atoms with E-state index in [1.165, 1.54) is 0 Å². The molecule has 1 aromatic carbocycles. The molecule has 94 valence electrons. The Morgan fingerprint density at radius 3 is 2.06 bits per heavy atom. The van der Waals surface area contributed by atoms with Gasteiger partial charge in [0.25, 0.3) is 0 Å². The third-order valence-electron chi connectivity index (χ3n) is 1.72. The van der Waals surface area contributed by atoms with Gasteiger partial charge in [-0.2, -0.15) is 0 Å². The van der Waals surface area contributed by atoms with Gasteiger partial charge in [0.05, 0.1) is 0 Å². The minimum atomic E-state index is -3.03. The van der Waals surface area contributed by atoms with Gasteiger partial charge in [0, 0.05) is 0 Å². The van der Waals surface area contributed by atoms with Gasteiger partial charge in [-0.05, 0) is 0 Å². The van der Waals surface area contributed by atoms with Gasteiger partial charge in [0.1, 0.15) is 0 Å². The van der Waals surface area contributed by atoms with Crippen molar-refractivity contribution in [3.8, 4) is 0 Å². The van der Waals surface area contributed by atoms with Crippen LogP contribution < -0.4 is 0 Å². The van der Waals surface area contributed by atoms with Crippen molar-refractivity contribution in [3.63, 3.8) is 0 Å². The first-order valence-electron chi connectivity index (χ1n) is 4.70. The van der Waals surface area contributed by atoms with Crippen molar-refractivity contribution in [3.05, 3.63) is 34.9 Å². The second-order valence-corrected chi connectivity index (χ2v) is 17.0. The Morgan fingerprint density at radius 2 is 1.59 bits per heavy atom. The molecule has 0 saturated carbocycles. The molecule has 0 aliphatic heterocycles. The van der Waals surface area contributed by atoms with Crippen molar-refractivity contribution in [2.45, 2.75) is 14.8 Å². The predicted octanol–water partition coefficient (Wildman–Crippen LogP) is 3.23. The van der Waals surface area contributed by atoms with Crippen molar-refractivity contribution in [1.29, 1.82) is 0 Å². The Kier molecular flexibility index (Phi) is 4.06. The van der Waals surface area contributed by atoms with E-state index >= 15 is 0 Å². The molecule has 0 radical (unpaired) electrons. The maximum atomic E-state index is 13.2. The van der Waals surface area contributed by atoms with E-state index in [9.17, 15) is 22.4 Å². The van der Waals surface area contributed by atoms with Crippen molar-refractivity contribution in [2.24, 2.45) is 0 Å². The molecule has 0 fully saturated rings. The van der Waals surface area contributed by atoms with Crippen molar-refractivity contribution in [2.75, 3.05) is 0 Å². The Bertz CT molecular complexity index is 468. The molecular weight excluding hydrogens is 347 g/mol. The van der Waals surface area contributed by atoms with Gasteiger partial charge in [-0.3, -0.25) is 0 Å². The van der Waals surface area contributed by atoms with Crippen LogP contribution in [0.2, 0.25) is 14.8 Å². The SMILES string of the molecule is [CH3][Sn]([CH3])([CH3])[O]C(=O)c1cc(F)c(F)c(F)c1F. The third-order valence-corrected chi connectivity index (χ3v) is 4.00. The average Bonchev–Trinajstić information content (AvgIpc) is 2.17. The van der Waals surface area contributed by atoms with E-state index in [1.807, 2.05) is 0 Å². The Morgan fingerprint density at radius 1 is 1.06 bits per heavy atom. The van der Waals surface area contributed by atoms with E-state index in [1.54, 1.807) is 14.8 Å². The fourth-order valence-corrected chi connectivity index (χ4v) is 2.96. The molecule has 0 aliphatic carbocycles. The molecule has 0 aromatic heterocycles. The molecular formula is C10H10F4O2Sn. The average molecular weight is 357 g/mol. The molecule has 0 spiro atoms. The third kappa shape index (κ3) is 3.33. The molecule has 1 rings (SSSR count). The number of benzene rings is 1. The summed E-state index contributed by atoms with van der Waals surface area (Å²) >= 11 is -3.03. The summed E-state index contributed by atoms with van der Waals surface area (Å²) in [6, 6.07) is 0.299. The second-order valence-electron chi connectivity index (χ2n) is 4.35. The Balaban J connectivity index is 3.20. The Hall–Kier alpha value is -0.791. The summed E-state index contributed by atoms with van der Waals surface area (Å²) in [6.45, 7) is 0. The van der Waals surface area contributed by atoms with Gasteiger partial charge in [0.2, 0.25) is 0 Å². The summed E-state index contributed by atoms with van der Waals surface area (Å²) in [5.41, 5.74) is -0.923. The summed E-state index contributed by atoms with van der Waals surface area (Å²) in [7, 11) is 0. The zero-order valence-corrected chi connectivity index (χ0v) is 12.3. The summed E-state index contributed by atoms with van der Waals surface area (Å²) < 4.78 is 56.5. The van der Waals surface area contributed by atoms with Crippen LogP contribution in [-0.2, 0) is 3.07 Å². The van der Waals surface area contributed by atoms with Crippen molar-refractivity contribution >= 4 is 24.8 Å². The molecule has 0 aliphatic rings. The zero-order chi connectivity index (χ0) is 13.4. The van der Waals surface area contributed by atoms with Crippen molar-refractivity contribution in [1.82, 2.24) is 0 Å². The van der Waals surface area contributed by atoms with Crippen LogP contribution in [0.5, 0.6) is 0 Å². The molecule has 0 N–H and O–H groups in total. The number of hydrogen-bond acceptors (Lipinski definition) is 2. The number of rotatable bonds is 2. The predicted molar refractivity (Wildman–Crippen MR) is 55.0 cm³/mol. The number of carbonyl (C=O) groups is 1. The van der Waals surface area contributed by atoms with E-state index in [-0.39, 0.29) is 0 Å². The van der Waals surface area contributed by atoms with E-state index < -0.39 is 53.6 Å². The molecule has 0 atom stereocenters. The fourth-order valence-electron chi connectivity index (χ4n) is 1.05. The van der Waals surface area contributed by atoms with Gasteiger partial charge < -0.3 is 0 Å². The first-order chi connectivity index (χ1) is 7.63. The number of hydrogen-bond donors (Lipinski definition) is 0. The van der Waals surface area contributed by atoms with Gasteiger partial charge in [0.15, 0.2) is 0 Å². The first-order valence-corrected chi connectivity index (χ1v) is 14.4. The van der Waals surface area contributed by atoms with Crippen LogP contribution in [-0.4, -0.2) is 24.8 Å². The molecule has 0 unspecified atom stereocenters. The van der Waals surface area contributed by atoms with Crippen LogP contribution in [0.4, 0.5) is 17.6 Å². The fraction of sp³-hybridized carbons (Fsp3) is 0.300. The molecule has 0 saturated heterocycles. The monoisotopic (exact) mass is 358 g/mol. The van der Waals surface area contributed by atoms with Gasteiger partial charge in [-0.15, -0.1) is 0 Å². The standard InChI is InChI=1S/C7H2F4O2.3CH3.Sn/c8-3-1-2(7(12)13)4(9)6(11)5(3)10;;;;/h1H,(H,12,13);3*1H3;/q;;;;+1/p-1. The topological polar surface area (TPSA) is 26.3 Å². The molecule has 0 amide bonds. The molecule has 0 bridgehead atoms. The first kappa shape index (κ1) is 14.3. The number of halogens is 4. The Labute approximate surface area is 100.0 Å². The van der Waals surface area contributed by atoms with Gasteiger partial charge in [-0.1, -0.05) is 0 Å². The van der Waals surface area contributed by atoms with Crippen LogP contribution >= 0.6 is 0 Å². The van der Waals surface area contributed by atoms with Crippen LogP contribution in [0.15, 0.2) is 6.07 Å². The number of carbonyl (C=O) groups excluding carboxylic acids is 1. The molecule has 2 nitrogen and oxygen atoms in total. The van der Waals surface area contributed by atoms with Crippen LogP contribution in [0.3, 0.4) is 0 Å². The van der Waals surface area contributed by atoms with Gasteiger partial charge >= 0.3 is 99.9 Å². The summed E-state index contributed by atoms with van der Waals surface area (Å²) in [5.74, 6) is -8.48. The van der Waals surface area contributed by atoms with E-state index in [4.69, 9.17) is 3.07 Å². The van der Waals surface area contributed by atoms with Gasteiger partial charge in [-0.25, -0.2) is 0 Å². The summed E-state index contributed by atoms with van der Waals surface area (Å²) in [4.78, 5) is 16.6.